The molecule has 1 aromatic heterocycles. The minimum Gasteiger partial charge on any atom is -0.453 e. The predicted molar refractivity (Wildman–Crippen MR) is 103 cm³/mol. The zero-order chi connectivity index (χ0) is 18.7. The van der Waals surface area contributed by atoms with Gasteiger partial charge in [-0.05, 0) is 37.6 Å². The molecule has 3 rings (SSSR count). The Morgan fingerprint density at radius 2 is 1.85 bits per heavy atom. The number of benzene rings is 2. The highest BCUT2D eigenvalue weighted by atomic mass is 35.5. The Labute approximate surface area is 160 Å². The molecule has 4 nitrogen and oxygen atoms in total. The van der Waals surface area contributed by atoms with Crippen molar-refractivity contribution in [3.05, 3.63) is 75.3 Å². The first-order valence-corrected chi connectivity index (χ1v) is 9.19. The number of ketones is 1. The van der Waals surface area contributed by atoms with Crippen molar-refractivity contribution in [2.75, 3.05) is 6.61 Å². The number of esters is 1. The van der Waals surface area contributed by atoms with Crippen LogP contribution in [0.5, 0.6) is 0 Å². The molecule has 0 aliphatic heterocycles. The van der Waals surface area contributed by atoms with Gasteiger partial charge in [0.2, 0.25) is 5.78 Å². The van der Waals surface area contributed by atoms with Crippen molar-refractivity contribution >= 4 is 34.7 Å². The van der Waals surface area contributed by atoms with Crippen LogP contribution in [0.2, 0.25) is 5.02 Å². The molecular weight excluding hydrogens is 370 g/mol. The number of Topliss-reactive ketones (excluding diaryl/α,β-unsaturated/α-hetero) is 1. The Morgan fingerprint density at radius 3 is 2.58 bits per heavy atom. The van der Waals surface area contributed by atoms with Gasteiger partial charge in [0.25, 0.3) is 0 Å². The van der Waals surface area contributed by atoms with Crippen molar-refractivity contribution in [3.8, 4) is 10.6 Å². The third-order valence-corrected chi connectivity index (χ3v) is 4.98. The Balaban J connectivity index is 1.66. The predicted octanol–water partition coefficient (Wildman–Crippen LogP) is 5.12. The van der Waals surface area contributed by atoms with Crippen molar-refractivity contribution in [1.82, 2.24) is 4.98 Å². The van der Waals surface area contributed by atoms with Gasteiger partial charge in [0.15, 0.2) is 12.3 Å². The minimum atomic E-state index is -0.611. The van der Waals surface area contributed by atoms with Gasteiger partial charge in [-0.25, -0.2) is 9.78 Å². The van der Waals surface area contributed by atoms with E-state index in [9.17, 15) is 9.59 Å². The van der Waals surface area contributed by atoms with Crippen molar-refractivity contribution in [2.24, 2.45) is 0 Å². The van der Waals surface area contributed by atoms with E-state index >= 15 is 0 Å². The fourth-order valence-corrected chi connectivity index (χ4v) is 3.33. The first-order valence-electron chi connectivity index (χ1n) is 7.93. The first-order chi connectivity index (χ1) is 12.4. The molecule has 0 spiro atoms. The monoisotopic (exact) mass is 385 g/mol. The summed E-state index contributed by atoms with van der Waals surface area (Å²) < 4.78 is 5.14. The largest absolute Gasteiger partial charge is 0.453 e. The highest BCUT2D eigenvalue weighted by molar-refractivity contribution is 7.13. The lowest BCUT2D eigenvalue weighted by atomic mass is 10.0. The Bertz CT molecular complexity index is 963. The van der Waals surface area contributed by atoms with Crippen LogP contribution in [-0.4, -0.2) is 23.3 Å². The first kappa shape index (κ1) is 18.3. The lowest BCUT2D eigenvalue weighted by Gasteiger charge is -2.06. The molecule has 0 fully saturated rings. The van der Waals surface area contributed by atoms with Crippen LogP contribution in [0, 0.1) is 13.8 Å². The van der Waals surface area contributed by atoms with Gasteiger partial charge < -0.3 is 4.74 Å². The Morgan fingerprint density at radius 1 is 1.12 bits per heavy atom. The number of hydrogen-bond donors (Lipinski definition) is 0. The van der Waals surface area contributed by atoms with Crippen LogP contribution in [0.4, 0.5) is 0 Å². The molecule has 0 N–H and O–H groups in total. The summed E-state index contributed by atoms with van der Waals surface area (Å²) in [5.74, 6) is -0.840. The molecule has 132 valence electrons. The Kier molecular flexibility index (Phi) is 5.49. The topological polar surface area (TPSA) is 56.3 Å². The number of hydrogen-bond acceptors (Lipinski definition) is 5. The van der Waals surface area contributed by atoms with Crippen molar-refractivity contribution < 1.29 is 14.3 Å². The molecule has 0 aliphatic rings. The standard InChI is InChI=1S/C20H16ClNO3S/c1-12-3-4-13(2)16(9-12)18(23)10-25-20(24)17-11-26-19(22-17)14-5-7-15(21)8-6-14/h3-9,11H,10H2,1-2H3. The van der Waals surface area contributed by atoms with Gasteiger partial charge in [-0.2, -0.15) is 0 Å². The number of halogens is 1. The summed E-state index contributed by atoms with van der Waals surface area (Å²) in [6, 6.07) is 12.8. The van der Waals surface area contributed by atoms with E-state index in [2.05, 4.69) is 4.98 Å². The van der Waals surface area contributed by atoms with Gasteiger partial charge >= 0.3 is 5.97 Å². The van der Waals surface area contributed by atoms with E-state index in [1.54, 1.807) is 23.6 Å². The number of ether oxygens (including phenoxy) is 1. The smallest absolute Gasteiger partial charge is 0.358 e. The fraction of sp³-hybridized carbons (Fsp3) is 0.150. The van der Waals surface area contributed by atoms with E-state index in [0.29, 0.717) is 15.6 Å². The number of thiazole rings is 1. The molecule has 0 radical (unpaired) electrons. The van der Waals surface area contributed by atoms with E-state index in [1.165, 1.54) is 11.3 Å². The van der Waals surface area contributed by atoms with Gasteiger partial charge in [0, 0.05) is 21.5 Å². The van der Waals surface area contributed by atoms with Crippen LogP contribution in [-0.2, 0) is 4.74 Å². The zero-order valence-corrected chi connectivity index (χ0v) is 15.9. The molecule has 1 heterocycles. The SMILES string of the molecule is Cc1ccc(C)c(C(=O)COC(=O)c2csc(-c3ccc(Cl)cc3)n2)c1. The summed E-state index contributed by atoms with van der Waals surface area (Å²) in [5.41, 5.74) is 3.46. The number of rotatable bonds is 5. The molecule has 0 aliphatic carbocycles. The molecule has 6 heteroatoms. The second-order valence-corrected chi connectivity index (χ2v) is 7.16. The summed E-state index contributed by atoms with van der Waals surface area (Å²) >= 11 is 7.21. The van der Waals surface area contributed by atoms with Crippen LogP contribution < -0.4 is 0 Å². The van der Waals surface area contributed by atoms with E-state index in [0.717, 1.165) is 16.7 Å². The third kappa shape index (κ3) is 4.18. The molecular formula is C20H16ClNO3S. The maximum atomic E-state index is 12.3. The molecule has 0 unspecified atom stereocenters. The van der Waals surface area contributed by atoms with E-state index < -0.39 is 5.97 Å². The minimum absolute atomic E-state index is 0.189. The number of carbonyl (C=O) groups is 2. The maximum absolute atomic E-state index is 12.3. The van der Waals surface area contributed by atoms with Gasteiger partial charge in [-0.15, -0.1) is 11.3 Å². The number of aromatic nitrogens is 1. The second kappa shape index (κ2) is 7.81. The van der Waals surface area contributed by atoms with Gasteiger partial charge in [-0.1, -0.05) is 41.4 Å². The highest BCUT2D eigenvalue weighted by Crippen LogP contribution is 2.25. The number of carbonyl (C=O) groups excluding carboxylic acids is 2. The van der Waals surface area contributed by atoms with Crippen LogP contribution in [0.1, 0.15) is 32.0 Å². The molecule has 2 aromatic carbocycles. The number of aryl methyl sites for hydroxylation is 2. The molecule has 0 atom stereocenters. The molecule has 0 saturated heterocycles. The summed E-state index contributed by atoms with van der Waals surface area (Å²) in [7, 11) is 0. The number of nitrogens with zero attached hydrogens (tertiary/aromatic N) is 1. The molecule has 0 saturated carbocycles. The van der Waals surface area contributed by atoms with Gasteiger partial charge in [0.05, 0.1) is 0 Å². The lowest BCUT2D eigenvalue weighted by molar-refractivity contribution is 0.0469. The summed E-state index contributed by atoms with van der Waals surface area (Å²) in [4.78, 5) is 28.8. The zero-order valence-electron chi connectivity index (χ0n) is 14.3. The van der Waals surface area contributed by atoms with Crippen molar-refractivity contribution in [1.29, 1.82) is 0 Å². The molecule has 0 amide bonds. The lowest BCUT2D eigenvalue weighted by Crippen LogP contribution is -2.15. The van der Waals surface area contributed by atoms with Crippen LogP contribution in [0.3, 0.4) is 0 Å². The normalized spacial score (nSPS) is 10.6. The van der Waals surface area contributed by atoms with Gasteiger partial charge in [0.1, 0.15) is 5.01 Å². The summed E-state index contributed by atoms with van der Waals surface area (Å²) in [6.45, 7) is 3.46. The van der Waals surface area contributed by atoms with Crippen LogP contribution in [0.15, 0.2) is 47.8 Å². The average molecular weight is 386 g/mol. The van der Waals surface area contributed by atoms with E-state index in [4.69, 9.17) is 16.3 Å². The quantitative estimate of drug-likeness (QED) is 0.451. The van der Waals surface area contributed by atoms with E-state index in [-0.39, 0.29) is 18.1 Å². The van der Waals surface area contributed by atoms with Crippen LogP contribution in [0.25, 0.3) is 10.6 Å². The molecule has 0 bridgehead atoms. The fourth-order valence-electron chi connectivity index (χ4n) is 2.41. The van der Waals surface area contributed by atoms with E-state index in [1.807, 2.05) is 38.1 Å². The molecule has 26 heavy (non-hydrogen) atoms. The van der Waals surface area contributed by atoms with Crippen molar-refractivity contribution in [2.45, 2.75) is 13.8 Å². The Hall–Kier alpha value is -2.50. The average Bonchev–Trinajstić information content (AvgIpc) is 3.12. The van der Waals surface area contributed by atoms with Gasteiger partial charge in [-0.3, -0.25) is 4.79 Å². The van der Waals surface area contributed by atoms with Crippen molar-refractivity contribution in [3.63, 3.8) is 0 Å². The summed E-state index contributed by atoms with van der Waals surface area (Å²) in [5, 5.41) is 2.94. The molecule has 3 aromatic rings. The summed E-state index contributed by atoms with van der Waals surface area (Å²) in [6.07, 6.45) is 0. The van der Waals surface area contributed by atoms with Crippen LogP contribution >= 0.6 is 22.9 Å². The highest BCUT2D eigenvalue weighted by Gasteiger charge is 2.16. The third-order valence-electron chi connectivity index (χ3n) is 3.83. The second-order valence-electron chi connectivity index (χ2n) is 5.86. The maximum Gasteiger partial charge on any atom is 0.358 e.